The lowest BCUT2D eigenvalue weighted by Gasteiger charge is -2.38. The van der Waals surface area contributed by atoms with Crippen LogP contribution in [0.4, 0.5) is 28.0 Å². The maximum atomic E-state index is 14.5. The Morgan fingerprint density at radius 2 is 1.76 bits per heavy atom. The molecule has 2 unspecified atom stereocenters. The van der Waals surface area contributed by atoms with E-state index in [1.165, 1.54) is 49.2 Å². The van der Waals surface area contributed by atoms with Crippen molar-refractivity contribution in [2.75, 3.05) is 18.6 Å². The first-order valence-corrected chi connectivity index (χ1v) is 11.4. The molecule has 3 aromatic rings. The summed E-state index contributed by atoms with van der Waals surface area (Å²) < 4.78 is 67.2. The predicted octanol–water partition coefficient (Wildman–Crippen LogP) is 6.11. The fraction of sp³-hybridized carbons (Fsp3) is 0.231. The average molecular weight is 554 g/mol. The first-order valence-electron chi connectivity index (χ1n) is 11.1. The topological polar surface area (TPSA) is 96.3 Å². The summed E-state index contributed by atoms with van der Waals surface area (Å²) in [5.41, 5.74) is -3.08. The predicted molar refractivity (Wildman–Crippen MR) is 129 cm³/mol. The molecule has 2 atom stereocenters. The highest BCUT2D eigenvalue weighted by molar-refractivity contribution is 6.31. The monoisotopic (exact) mass is 553 g/mol. The van der Waals surface area contributed by atoms with E-state index in [-0.39, 0.29) is 40.1 Å². The number of alkyl halides is 3. The molecule has 0 fully saturated rings. The number of likely N-dealkylation sites (N-methyl/N-ethyl adjacent to an activating group) is 1. The van der Waals surface area contributed by atoms with Crippen LogP contribution >= 0.6 is 11.6 Å². The van der Waals surface area contributed by atoms with Crippen molar-refractivity contribution in [3.05, 3.63) is 76.6 Å². The van der Waals surface area contributed by atoms with Crippen molar-refractivity contribution < 1.29 is 46.8 Å². The van der Waals surface area contributed by atoms with E-state index in [9.17, 15) is 32.3 Å². The van der Waals surface area contributed by atoms with Gasteiger partial charge in [0.05, 0.1) is 5.69 Å². The van der Waals surface area contributed by atoms with Gasteiger partial charge in [0, 0.05) is 18.0 Å². The lowest BCUT2D eigenvalue weighted by atomic mass is 9.77. The average Bonchev–Trinajstić information content (AvgIpc) is 2.85. The largest absolute Gasteiger partial charge is 0.511 e. The van der Waals surface area contributed by atoms with Crippen LogP contribution in [0, 0.1) is 5.82 Å². The molecule has 0 aromatic heterocycles. The zero-order chi connectivity index (χ0) is 28.0. The summed E-state index contributed by atoms with van der Waals surface area (Å²) in [7, 11) is 1.46. The lowest BCUT2D eigenvalue weighted by molar-refractivity contribution is -0.274. The molecule has 1 heterocycles. The van der Waals surface area contributed by atoms with Crippen molar-refractivity contribution in [3.63, 3.8) is 0 Å². The summed E-state index contributed by atoms with van der Waals surface area (Å²) in [6, 6.07) is 10.8. The Labute approximate surface area is 218 Å². The number of benzene rings is 3. The number of aliphatic hydroxyl groups is 1. The number of carbonyl (C=O) groups is 2. The van der Waals surface area contributed by atoms with Gasteiger partial charge in [0.1, 0.15) is 5.75 Å². The molecule has 0 bridgehead atoms. The highest BCUT2D eigenvalue weighted by atomic mass is 35.5. The van der Waals surface area contributed by atoms with Crippen molar-refractivity contribution in [1.29, 1.82) is 0 Å². The van der Waals surface area contributed by atoms with E-state index in [0.29, 0.717) is 5.56 Å². The molecule has 1 aliphatic rings. The van der Waals surface area contributed by atoms with Crippen molar-refractivity contribution >= 4 is 29.4 Å². The molecule has 4 rings (SSSR count). The maximum Gasteiger partial charge on any atom is 0.511 e. The number of amides is 1. The second kappa shape index (κ2) is 9.80. The van der Waals surface area contributed by atoms with Crippen LogP contribution in [0.25, 0.3) is 11.1 Å². The van der Waals surface area contributed by atoms with E-state index in [0.717, 1.165) is 24.3 Å². The molecule has 0 radical (unpaired) electrons. The number of anilines is 1. The zero-order valence-electron chi connectivity index (χ0n) is 19.8. The van der Waals surface area contributed by atoms with E-state index in [1.54, 1.807) is 0 Å². The number of halogens is 5. The molecule has 3 aromatic carbocycles. The van der Waals surface area contributed by atoms with Crippen molar-refractivity contribution in [2.24, 2.45) is 0 Å². The molecule has 12 heteroatoms. The van der Waals surface area contributed by atoms with Gasteiger partial charge in [0.15, 0.2) is 23.8 Å². The second-order valence-electron chi connectivity index (χ2n) is 8.66. The third kappa shape index (κ3) is 4.74. The number of hydrogen-bond acceptors (Lipinski definition) is 5. The summed E-state index contributed by atoms with van der Waals surface area (Å²) in [5.74, 6) is -3.45. The third-order valence-corrected chi connectivity index (χ3v) is 6.80. The Bertz CT molecular complexity index is 1430. The number of hydrogen-bond donors (Lipinski definition) is 2. The van der Waals surface area contributed by atoms with Crippen LogP contribution in [0.3, 0.4) is 0 Å². The van der Waals surface area contributed by atoms with Gasteiger partial charge in [-0.2, -0.15) is 13.2 Å². The Kier molecular flexibility index (Phi) is 7.02. The molecule has 0 spiro atoms. The molecule has 0 aliphatic carbocycles. The van der Waals surface area contributed by atoms with E-state index >= 15 is 0 Å². The summed E-state index contributed by atoms with van der Waals surface area (Å²) >= 11 is 6.36. The van der Waals surface area contributed by atoms with Crippen LogP contribution in [0.2, 0.25) is 5.02 Å². The van der Waals surface area contributed by atoms with E-state index in [2.05, 4.69) is 4.74 Å². The van der Waals surface area contributed by atoms with Crippen molar-refractivity contribution in [2.45, 2.75) is 24.6 Å². The van der Waals surface area contributed by atoms with Gasteiger partial charge >= 0.3 is 12.3 Å². The quantitative estimate of drug-likeness (QED) is 0.225. The van der Waals surface area contributed by atoms with Gasteiger partial charge in [-0.3, -0.25) is 4.79 Å². The molecule has 1 aliphatic heterocycles. The van der Waals surface area contributed by atoms with Gasteiger partial charge < -0.3 is 24.6 Å². The number of fused-ring (bicyclic) bond motifs is 1. The lowest BCUT2D eigenvalue weighted by Crippen LogP contribution is -2.46. The van der Waals surface area contributed by atoms with Crippen molar-refractivity contribution in [3.8, 4) is 22.6 Å². The molecule has 200 valence electrons. The smallest absolute Gasteiger partial charge is 0.482 e. The number of rotatable bonds is 5. The SMILES string of the molecule is CC(c1ccc(-c2ccc(OC(=O)O)c(F)c2)cc1Cl)C(O)(c1ccc2c(c1)OCC(=O)N2C)C(F)(F)F. The minimum absolute atomic E-state index is 0.0123. The highest BCUT2D eigenvalue weighted by Crippen LogP contribution is 2.51. The maximum absolute atomic E-state index is 14.5. The minimum Gasteiger partial charge on any atom is -0.482 e. The van der Waals surface area contributed by atoms with Gasteiger partial charge in [0.25, 0.3) is 5.91 Å². The normalized spacial score (nSPS) is 15.8. The number of nitrogens with zero attached hydrogens (tertiary/aromatic N) is 1. The van der Waals surface area contributed by atoms with Crippen LogP contribution < -0.4 is 14.4 Å². The Hall–Kier alpha value is -3.83. The molecule has 7 nitrogen and oxygen atoms in total. The summed E-state index contributed by atoms with van der Waals surface area (Å²) in [4.78, 5) is 23.7. The van der Waals surface area contributed by atoms with Crippen LogP contribution in [0.5, 0.6) is 11.5 Å². The molecule has 1 amide bonds. The fourth-order valence-electron chi connectivity index (χ4n) is 4.31. The van der Waals surface area contributed by atoms with Gasteiger partial charge in [-0.15, -0.1) is 0 Å². The first kappa shape index (κ1) is 27.2. The molecular weight excluding hydrogens is 534 g/mol. The highest BCUT2D eigenvalue weighted by Gasteiger charge is 2.59. The Morgan fingerprint density at radius 3 is 2.37 bits per heavy atom. The van der Waals surface area contributed by atoms with Gasteiger partial charge in [-0.25, -0.2) is 9.18 Å². The summed E-state index contributed by atoms with van der Waals surface area (Å²) in [6.45, 7) is 0.812. The molecule has 0 saturated heterocycles. The standard InChI is InChI=1S/C26H20ClF4NO6/c1-13(17-6-3-14(9-18(17)27)15-4-8-21(19(28)10-15)38-24(34)35)25(36,26(29,30)31)16-5-7-20-22(11-16)37-12-23(33)32(20)2/h3-11,13,36H,12H2,1-2H3,(H,34,35). The molecular formula is C26H20ClF4NO6. The van der Waals surface area contributed by atoms with Crippen LogP contribution in [0.15, 0.2) is 54.6 Å². The van der Waals surface area contributed by atoms with E-state index in [1.807, 2.05) is 0 Å². The Balaban J connectivity index is 1.72. The van der Waals surface area contributed by atoms with Crippen LogP contribution in [0.1, 0.15) is 24.0 Å². The summed E-state index contributed by atoms with van der Waals surface area (Å²) in [6.07, 6.45) is -6.83. The van der Waals surface area contributed by atoms with Crippen LogP contribution in [-0.4, -0.2) is 42.1 Å². The van der Waals surface area contributed by atoms with E-state index in [4.69, 9.17) is 21.4 Å². The fourth-order valence-corrected chi connectivity index (χ4v) is 4.66. The summed E-state index contributed by atoms with van der Waals surface area (Å²) in [5, 5.41) is 19.7. The Morgan fingerprint density at radius 1 is 1.11 bits per heavy atom. The van der Waals surface area contributed by atoms with Gasteiger partial charge in [-0.1, -0.05) is 42.8 Å². The van der Waals surface area contributed by atoms with Gasteiger partial charge in [-0.05, 0) is 52.6 Å². The number of carbonyl (C=O) groups excluding carboxylic acids is 1. The first-order chi connectivity index (χ1) is 17.7. The molecule has 0 saturated carbocycles. The second-order valence-corrected chi connectivity index (χ2v) is 9.07. The third-order valence-electron chi connectivity index (χ3n) is 6.47. The number of carboxylic acid groups (broad SMARTS) is 1. The van der Waals surface area contributed by atoms with Crippen LogP contribution in [-0.2, 0) is 10.4 Å². The van der Waals surface area contributed by atoms with Crippen molar-refractivity contribution in [1.82, 2.24) is 0 Å². The van der Waals surface area contributed by atoms with Gasteiger partial charge in [0.2, 0.25) is 0 Å². The number of ether oxygens (including phenoxy) is 2. The molecule has 38 heavy (non-hydrogen) atoms. The minimum atomic E-state index is -5.14. The molecule has 2 N–H and O–H groups in total. The zero-order valence-corrected chi connectivity index (χ0v) is 20.6. The van der Waals surface area contributed by atoms with E-state index < -0.39 is 41.0 Å².